The molecule has 8 heteroatoms. The van der Waals surface area contributed by atoms with Crippen LogP contribution in [0.3, 0.4) is 0 Å². The first-order chi connectivity index (χ1) is 19.1. The smallest absolute Gasteiger partial charge is 0.255 e. The highest BCUT2D eigenvalue weighted by Crippen LogP contribution is 2.27. The van der Waals surface area contributed by atoms with Gasteiger partial charge < -0.3 is 24.8 Å². The monoisotopic (exact) mass is 545 g/mol. The van der Waals surface area contributed by atoms with Crippen LogP contribution >= 0.6 is 0 Å². The standard InChI is InChI=1S/C32H43N5O3/c1-23(33-5)29(38)34-28(32(2,3)4)31(40)37-18-11-15-27(37)22-36(19-16-24-12-7-6-8-13-24)30(39)25-20-26-14-9-10-17-35(26)21-25/h6-10,12-14,17,20-21,23,27-28,33H,11,15-16,18-19,22H2,1-5H3,(H,34,38)/t23-,27?,28+/m0/s1. The largest absolute Gasteiger partial charge is 0.342 e. The van der Waals surface area contributed by atoms with Crippen LogP contribution in [0.5, 0.6) is 0 Å². The Hall–Kier alpha value is -3.65. The zero-order valence-corrected chi connectivity index (χ0v) is 24.4. The summed E-state index contributed by atoms with van der Waals surface area (Å²) in [6.45, 7) is 9.30. The van der Waals surface area contributed by atoms with Crippen LogP contribution in [-0.4, -0.2) is 76.7 Å². The van der Waals surface area contributed by atoms with E-state index in [1.165, 1.54) is 0 Å². The molecule has 40 heavy (non-hydrogen) atoms. The zero-order valence-electron chi connectivity index (χ0n) is 24.4. The van der Waals surface area contributed by atoms with Gasteiger partial charge in [0.05, 0.1) is 11.6 Å². The highest BCUT2D eigenvalue weighted by atomic mass is 16.2. The van der Waals surface area contributed by atoms with E-state index in [-0.39, 0.29) is 23.8 Å². The van der Waals surface area contributed by atoms with Gasteiger partial charge >= 0.3 is 0 Å². The molecule has 1 aromatic carbocycles. The molecule has 0 bridgehead atoms. The molecule has 0 radical (unpaired) electrons. The Morgan fingerprint density at radius 2 is 1.80 bits per heavy atom. The summed E-state index contributed by atoms with van der Waals surface area (Å²) in [5, 5.41) is 5.94. The number of carbonyl (C=O) groups excluding carboxylic acids is 3. The average Bonchev–Trinajstić information content (AvgIpc) is 3.59. The molecule has 8 nitrogen and oxygen atoms in total. The molecule has 0 saturated carbocycles. The van der Waals surface area contributed by atoms with E-state index in [0.29, 0.717) is 25.2 Å². The molecule has 0 spiro atoms. The molecular weight excluding hydrogens is 502 g/mol. The van der Waals surface area contributed by atoms with E-state index in [1.54, 1.807) is 14.0 Å². The predicted octanol–water partition coefficient (Wildman–Crippen LogP) is 3.75. The van der Waals surface area contributed by atoms with Crippen molar-refractivity contribution in [2.75, 3.05) is 26.7 Å². The number of likely N-dealkylation sites (tertiary alicyclic amines) is 1. The molecule has 3 atom stereocenters. The number of carbonyl (C=O) groups is 3. The molecule has 3 aromatic rings. The molecule has 4 rings (SSSR count). The average molecular weight is 546 g/mol. The summed E-state index contributed by atoms with van der Waals surface area (Å²) >= 11 is 0. The quantitative estimate of drug-likeness (QED) is 0.406. The summed E-state index contributed by atoms with van der Waals surface area (Å²) in [6.07, 6.45) is 6.22. The van der Waals surface area contributed by atoms with Gasteiger partial charge in [0.2, 0.25) is 11.8 Å². The molecule has 1 unspecified atom stereocenters. The molecule has 2 N–H and O–H groups in total. The fraction of sp³-hybridized carbons (Fsp3) is 0.469. The Kier molecular flexibility index (Phi) is 9.30. The van der Waals surface area contributed by atoms with E-state index in [0.717, 1.165) is 30.3 Å². The lowest BCUT2D eigenvalue weighted by atomic mass is 9.85. The Bertz CT molecular complexity index is 1280. The number of aromatic nitrogens is 1. The fourth-order valence-corrected chi connectivity index (χ4v) is 5.32. The van der Waals surface area contributed by atoms with Gasteiger partial charge in [0.15, 0.2) is 0 Å². The number of rotatable bonds is 10. The number of benzene rings is 1. The third-order valence-corrected chi connectivity index (χ3v) is 7.87. The molecule has 0 aliphatic carbocycles. The second-order valence-corrected chi connectivity index (χ2v) is 11.9. The van der Waals surface area contributed by atoms with Crippen molar-refractivity contribution in [1.29, 1.82) is 0 Å². The molecule has 3 heterocycles. The van der Waals surface area contributed by atoms with E-state index < -0.39 is 17.5 Å². The lowest BCUT2D eigenvalue weighted by Gasteiger charge is -2.37. The Labute approximate surface area is 237 Å². The summed E-state index contributed by atoms with van der Waals surface area (Å²) in [6, 6.07) is 16.8. The number of nitrogens with one attached hydrogen (secondary N) is 2. The van der Waals surface area contributed by atoms with Crippen molar-refractivity contribution in [1.82, 2.24) is 24.8 Å². The van der Waals surface area contributed by atoms with Crippen molar-refractivity contribution in [3.05, 3.63) is 78.1 Å². The van der Waals surface area contributed by atoms with E-state index in [4.69, 9.17) is 0 Å². The van der Waals surface area contributed by atoms with Crippen molar-refractivity contribution in [3.8, 4) is 0 Å². The minimum atomic E-state index is -0.665. The third kappa shape index (κ3) is 6.91. The van der Waals surface area contributed by atoms with Crippen LogP contribution in [0, 0.1) is 5.41 Å². The van der Waals surface area contributed by atoms with E-state index in [1.807, 2.05) is 89.8 Å². The predicted molar refractivity (Wildman–Crippen MR) is 158 cm³/mol. The Morgan fingerprint density at radius 1 is 1.07 bits per heavy atom. The summed E-state index contributed by atoms with van der Waals surface area (Å²) < 4.78 is 1.96. The molecule has 214 valence electrons. The minimum Gasteiger partial charge on any atom is -0.342 e. The Morgan fingerprint density at radius 3 is 2.48 bits per heavy atom. The van der Waals surface area contributed by atoms with Crippen LogP contribution < -0.4 is 10.6 Å². The molecule has 1 aliphatic heterocycles. The van der Waals surface area contributed by atoms with Crippen LogP contribution in [0.15, 0.2) is 67.0 Å². The number of amides is 3. The van der Waals surface area contributed by atoms with Gasteiger partial charge in [-0.25, -0.2) is 0 Å². The van der Waals surface area contributed by atoms with Crippen LogP contribution in [-0.2, 0) is 16.0 Å². The van der Waals surface area contributed by atoms with Crippen LogP contribution in [0.4, 0.5) is 0 Å². The molecule has 1 aliphatic rings. The maximum atomic E-state index is 14.0. The lowest BCUT2D eigenvalue weighted by molar-refractivity contribution is -0.140. The van der Waals surface area contributed by atoms with Gasteiger partial charge in [-0.2, -0.15) is 0 Å². The van der Waals surface area contributed by atoms with Gasteiger partial charge in [-0.15, -0.1) is 0 Å². The highest BCUT2D eigenvalue weighted by Gasteiger charge is 2.40. The molecular formula is C32H43N5O3. The number of hydrogen-bond acceptors (Lipinski definition) is 4. The van der Waals surface area contributed by atoms with Gasteiger partial charge in [-0.1, -0.05) is 57.2 Å². The molecule has 2 aromatic heterocycles. The minimum absolute atomic E-state index is 0.0394. The number of pyridine rings is 1. The molecule has 1 fully saturated rings. The van der Waals surface area contributed by atoms with Gasteiger partial charge in [0.25, 0.3) is 5.91 Å². The zero-order chi connectivity index (χ0) is 28.9. The highest BCUT2D eigenvalue weighted by molar-refractivity contribution is 5.96. The van der Waals surface area contributed by atoms with E-state index in [9.17, 15) is 14.4 Å². The van der Waals surface area contributed by atoms with Crippen LogP contribution in [0.2, 0.25) is 0 Å². The van der Waals surface area contributed by atoms with Crippen LogP contribution in [0.1, 0.15) is 56.5 Å². The van der Waals surface area contributed by atoms with Crippen molar-refractivity contribution in [2.45, 2.75) is 65.1 Å². The van der Waals surface area contributed by atoms with Crippen molar-refractivity contribution >= 4 is 23.2 Å². The fourth-order valence-electron chi connectivity index (χ4n) is 5.32. The van der Waals surface area contributed by atoms with Gasteiger partial charge in [-0.3, -0.25) is 14.4 Å². The second-order valence-electron chi connectivity index (χ2n) is 11.9. The number of fused-ring (bicyclic) bond motifs is 1. The summed E-state index contributed by atoms with van der Waals surface area (Å²) in [4.78, 5) is 44.4. The maximum absolute atomic E-state index is 14.0. The van der Waals surface area contributed by atoms with E-state index in [2.05, 4.69) is 22.8 Å². The summed E-state index contributed by atoms with van der Waals surface area (Å²) in [5.41, 5.74) is 2.29. The number of likely N-dealkylation sites (N-methyl/N-ethyl adjacent to an activating group) is 1. The topological polar surface area (TPSA) is 86.2 Å². The lowest BCUT2D eigenvalue weighted by Crippen LogP contribution is -2.59. The second kappa shape index (κ2) is 12.7. The summed E-state index contributed by atoms with van der Waals surface area (Å²) in [5.74, 6) is -0.328. The van der Waals surface area contributed by atoms with Gasteiger partial charge in [0, 0.05) is 43.6 Å². The third-order valence-electron chi connectivity index (χ3n) is 7.87. The van der Waals surface area contributed by atoms with E-state index >= 15 is 0 Å². The Balaban J connectivity index is 1.56. The molecule has 1 saturated heterocycles. The van der Waals surface area contributed by atoms with Crippen molar-refractivity contribution in [2.24, 2.45) is 5.41 Å². The SMILES string of the molecule is CN[C@@H](C)C(=O)N[C@H](C(=O)N1CCCC1CN(CCc1ccccc1)C(=O)c1cc2ccccn2c1)C(C)(C)C. The maximum Gasteiger partial charge on any atom is 0.255 e. The van der Waals surface area contributed by atoms with Crippen molar-refractivity contribution < 1.29 is 14.4 Å². The summed E-state index contributed by atoms with van der Waals surface area (Å²) in [7, 11) is 1.73. The molecule has 3 amide bonds. The van der Waals surface area contributed by atoms with Gasteiger partial charge in [0.1, 0.15) is 6.04 Å². The van der Waals surface area contributed by atoms with Gasteiger partial charge in [-0.05, 0) is 62.4 Å². The number of nitrogens with zero attached hydrogens (tertiary/aromatic N) is 3. The first-order valence-corrected chi connectivity index (χ1v) is 14.3. The first-order valence-electron chi connectivity index (χ1n) is 14.3. The normalized spacial score (nSPS) is 17.0. The van der Waals surface area contributed by atoms with Crippen molar-refractivity contribution in [3.63, 3.8) is 0 Å². The first kappa shape index (κ1) is 29.3. The number of hydrogen-bond donors (Lipinski definition) is 2. The van der Waals surface area contributed by atoms with Crippen LogP contribution in [0.25, 0.3) is 5.52 Å².